The van der Waals surface area contributed by atoms with Crippen molar-refractivity contribution in [1.82, 2.24) is 5.06 Å². The topological polar surface area (TPSA) is 23.5 Å². The second kappa shape index (κ2) is 6.41. The number of nitrogens with zero attached hydrogens (tertiary/aromatic N) is 1. The van der Waals surface area contributed by atoms with Gasteiger partial charge in [-0.15, -0.1) is 0 Å². The summed E-state index contributed by atoms with van der Waals surface area (Å²) in [7, 11) is 0. The molecule has 14 heavy (non-hydrogen) atoms. The molecule has 1 N–H and O–H groups in total. The Morgan fingerprint density at radius 2 is 1.64 bits per heavy atom. The third-order valence-corrected chi connectivity index (χ3v) is 3.50. The van der Waals surface area contributed by atoms with Crippen LogP contribution in [0.1, 0.15) is 52.4 Å². The second-order valence-electron chi connectivity index (χ2n) is 4.63. The molecule has 1 fully saturated rings. The van der Waals surface area contributed by atoms with Crippen molar-refractivity contribution in [3.63, 3.8) is 0 Å². The molecular weight excluding hydrogens is 174 g/mol. The third-order valence-electron chi connectivity index (χ3n) is 3.50. The van der Waals surface area contributed by atoms with Crippen LogP contribution in [0.2, 0.25) is 0 Å². The lowest BCUT2D eigenvalue weighted by Crippen LogP contribution is -2.33. The van der Waals surface area contributed by atoms with E-state index in [1.807, 2.05) is 0 Å². The minimum absolute atomic E-state index is 0.873. The predicted molar refractivity (Wildman–Crippen MR) is 59.4 cm³/mol. The summed E-state index contributed by atoms with van der Waals surface area (Å²) in [6.07, 6.45) is 7.77. The van der Waals surface area contributed by atoms with Gasteiger partial charge in [-0.25, -0.2) is 0 Å². The molecule has 0 saturated carbocycles. The molecule has 1 aliphatic rings. The van der Waals surface area contributed by atoms with E-state index in [9.17, 15) is 5.21 Å². The molecule has 0 aromatic rings. The first-order valence-electron chi connectivity index (χ1n) is 6.21. The van der Waals surface area contributed by atoms with Gasteiger partial charge in [0, 0.05) is 13.1 Å². The van der Waals surface area contributed by atoms with Crippen molar-refractivity contribution in [1.29, 1.82) is 0 Å². The Balaban J connectivity index is 2.34. The number of hydroxylamine groups is 2. The van der Waals surface area contributed by atoms with Crippen LogP contribution in [0.5, 0.6) is 0 Å². The van der Waals surface area contributed by atoms with E-state index in [4.69, 9.17) is 0 Å². The molecule has 0 spiro atoms. The van der Waals surface area contributed by atoms with Crippen molar-refractivity contribution in [2.75, 3.05) is 13.1 Å². The predicted octanol–water partition coefficient (Wildman–Crippen LogP) is 3.30. The van der Waals surface area contributed by atoms with E-state index in [1.165, 1.54) is 43.6 Å². The maximum atomic E-state index is 9.30. The van der Waals surface area contributed by atoms with Gasteiger partial charge in [0.2, 0.25) is 0 Å². The quantitative estimate of drug-likeness (QED) is 0.734. The lowest BCUT2D eigenvalue weighted by molar-refractivity contribution is -0.116. The molecule has 84 valence electrons. The van der Waals surface area contributed by atoms with Gasteiger partial charge in [-0.3, -0.25) is 0 Å². The van der Waals surface area contributed by atoms with Crippen LogP contribution >= 0.6 is 0 Å². The van der Waals surface area contributed by atoms with Crippen molar-refractivity contribution < 1.29 is 5.21 Å². The van der Waals surface area contributed by atoms with E-state index in [-0.39, 0.29) is 0 Å². The average molecular weight is 199 g/mol. The van der Waals surface area contributed by atoms with E-state index in [1.54, 1.807) is 0 Å². The Hall–Kier alpha value is -0.0800. The molecule has 0 bridgehead atoms. The first-order valence-corrected chi connectivity index (χ1v) is 6.21. The molecule has 0 radical (unpaired) electrons. The van der Waals surface area contributed by atoms with E-state index in [2.05, 4.69) is 13.8 Å². The monoisotopic (exact) mass is 199 g/mol. The summed E-state index contributed by atoms with van der Waals surface area (Å²) >= 11 is 0. The van der Waals surface area contributed by atoms with E-state index in [0.717, 1.165) is 24.9 Å². The van der Waals surface area contributed by atoms with Gasteiger partial charge < -0.3 is 5.21 Å². The SMILES string of the molecule is CCCC(CCC)C1CCN(O)CC1. The van der Waals surface area contributed by atoms with Crippen molar-refractivity contribution in [3.8, 4) is 0 Å². The van der Waals surface area contributed by atoms with Crippen LogP contribution in [-0.4, -0.2) is 23.4 Å². The molecule has 0 aromatic heterocycles. The van der Waals surface area contributed by atoms with E-state index >= 15 is 0 Å². The van der Waals surface area contributed by atoms with Gasteiger partial charge in [0.1, 0.15) is 0 Å². The van der Waals surface area contributed by atoms with E-state index < -0.39 is 0 Å². The second-order valence-corrected chi connectivity index (χ2v) is 4.63. The van der Waals surface area contributed by atoms with Crippen LogP contribution in [0.15, 0.2) is 0 Å². The highest BCUT2D eigenvalue weighted by Crippen LogP contribution is 2.30. The summed E-state index contributed by atoms with van der Waals surface area (Å²) in [5.41, 5.74) is 0. The first-order chi connectivity index (χ1) is 6.77. The van der Waals surface area contributed by atoms with Crippen LogP contribution in [0.25, 0.3) is 0 Å². The van der Waals surface area contributed by atoms with Crippen LogP contribution < -0.4 is 0 Å². The Labute approximate surface area is 88.3 Å². The number of hydrogen-bond donors (Lipinski definition) is 1. The van der Waals surface area contributed by atoms with Gasteiger partial charge >= 0.3 is 0 Å². The van der Waals surface area contributed by atoms with Gasteiger partial charge in [0.05, 0.1) is 0 Å². The smallest absolute Gasteiger partial charge is 0.0240 e. The Morgan fingerprint density at radius 3 is 2.07 bits per heavy atom. The lowest BCUT2D eigenvalue weighted by atomic mass is 9.80. The first kappa shape index (κ1) is 12.0. The summed E-state index contributed by atoms with van der Waals surface area (Å²) in [5, 5.41) is 10.8. The lowest BCUT2D eigenvalue weighted by Gasteiger charge is -2.33. The minimum Gasteiger partial charge on any atom is -0.314 e. The van der Waals surface area contributed by atoms with Crippen LogP contribution in [-0.2, 0) is 0 Å². The number of hydrogen-bond acceptors (Lipinski definition) is 2. The third kappa shape index (κ3) is 3.58. The largest absolute Gasteiger partial charge is 0.314 e. The molecule has 1 saturated heterocycles. The fourth-order valence-electron chi connectivity index (χ4n) is 2.71. The highest BCUT2D eigenvalue weighted by molar-refractivity contribution is 4.75. The van der Waals surface area contributed by atoms with Gasteiger partial charge in [-0.05, 0) is 24.7 Å². The summed E-state index contributed by atoms with van der Waals surface area (Å²) in [6.45, 7) is 6.33. The van der Waals surface area contributed by atoms with Gasteiger partial charge in [-0.1, -0.05) is 39.5 Å². The molecule has 0 aromatic carbocycles. The Bertz CT molecular complexity index is 135. The van der Waals surface area contributed by atoms with Gasteiger partial charge in [0.25, 0.3) is 0 Å². The normalized spacial score (nSPS) is 20.6. The molecule has 2 heteroatoms. The summed E-state index contributed by atoms with van der Waals surface area (Å²) in [6, 6.07) is 0. The highest BCUT2D eigenvalue weighted by Gasteiger charge is 2.24. The van der Waals surface area contributed by atoms with Gasteiger partial charge in [0.15, 0.2) is 0 Å². The van der Waals surface area contributed by atoms with Crippen molar-refractivity contribution in [3.05, 3.63) is 0 Å². The fourth-order valence-corrected chi connectivity index (χ4v) is 2.71. The summed E-state index contributed by atoms with van der Waals surface area (Å²) < 4.78 is 0. The standard InChI is InChI=1S/C12H25NO/c1-3-5-11(6-4-2)12-7-9-13(14)10-8-12/h11-12,14H,3-10H2,1-2H3. The average Bonchev–Trinajstić information content (AvgIpc) is 2.19. The zero-order chi connectivity index (χ0) is 10.4. The van der Waals surface area contributed by atoms with Gasteiger partial charge in [-0.2, -0.15) is 5.06 Å². The Kier molecular flexibility index (Phi) is 5.49. The molecule has 0 atom stereocenters. The van der Waals surface area contributed by atoms with E-state index in [0.29, 0.717) is 0 Å². The molecule has 1 aliphatic heterocycles. The van der Waals surface area contributed by atoms with Crippen molar-refractivity contribution in [2.24, 2.45) is 11.8 Å². The number of piperidine rings is 1. The molecule has 2 nitrogen and oxygen atoms in total. The zero-order valence-electron chi connectivity index (χ0n) is 9.71. The zero-order valence-corrected chi connectivity index (χ0v) is 9.71. The van der Waals surface area contributed by atoms with Crippen LogP contribution in [0.4, 0.5) is 0 Å². The van der Waals surface area contributed by atoms with Crippen molar-refractivity contribution >= 4 is 0 Å². The molecule has 0 aliphatic carbocycles. The highest BCUT2D eigenvalue weighted by atomic mass is 16.5. The molecule has 1 rings (SSSR count). The maximum Gasteiger partial charge on any atom is 0.0240 e. The molecule has 1 heterocycles. The fraction of sp³-hybridized carbons (Fsp3) is 1.00. The Morgan fingerprint density at radius 1 is 1.14 bits per heavy atom. The van der Waals surface area contributed by atoms with Crippen molar-refractivity contribution in [2.45, 2.75) is 52.4 Å². The molecular formula is C12H25NO. The summed E-state index contributed by atoms with van der Waals surface area (Å²) in [5.74, 6) is 1.79. The molecule has 0 amide bonds. The summed E-state index contributed by atoms with van der Waals surface area (Å²) in [4.78, 5) is 0. The van der Waals surface area contributed by atoms with Crippen LogP contribution in [0.3, 0.4) is 0 Å². The van der Waals surface area contributed by atoms with Crippen LogP contribution in [0, 0.1) is 11.8 Å². The minimum atomic E-state index is 0.873. The number of rotatable bonds is 5. The maximum absolute atomic E-state index is 9.30. The molecule has 0 unspecified atom stereocenters.